The highest BCUT2D eigenvalue weighted by Gasteiger charge is 1.98. The van der Waals surface area contributed by atoms with Crippen molar-refractivity contribution >= 4 is 17.7 Å². The third-order valence-corrected chi connectivity index (χ3v) is 2.92. The molecule has 0 spiro atoms. The highest BCUT2D eigenvalue weighted by atomic mass is 19.1. The molecule has 2 aromatic rings. The number of halogens is 1. The second-order valence-electron chi connectivity index (χ2n) is 4.54. The van der Waals surface area contributed by atoms with E-state index in [9.17, 15) is 9.18 Å². The normalized spacial score (nSPS) is 10.8. The third kappa shape index (κ3) is 4.85. The van der Waals surface area contributed by atoms with Crippen molar-refractivity contribution in [2.75, 3.05) is 11.9 Å². The Morgan fingerprint density at radius 2 is 1.76 bits per heavy atom. The first-order chi connectivity index (χ1) is 10.2. The van der Waals surface area contributed by atoms with Gasteiger partial charge in [0.1, 0.15) is 5.82 Å². The van der Waals surface area contributed by atoms with Gasteiger partial charge < -0.3 is 10.4 Å². The average Bonchev–Trinajstić information content (AvgIpc) is 2.49. The summed E-state index contributed by atoms with van der Waals surface area (Å²) in [6, 6.07) is 13.2. The first-order valence-corrected chi connectivity index (χ1v) is 6.62. The Hall–Kier alpha value is -2.46. The second-order valence-corrected chi connectivity index (χ2v) is 4.54. The van der Waals surface area contributed by atoms with Crippen molar-refractivity contribution in [3.8, 4) is 0 Å². The summed E-state index contributed by atoms with van der Waals surface area (Å²) in [6.07, 6.45) is 3.61. The van der Waals surface area contributed by atoms with Gasteiger partial charge in [-0.05, 0) is 47.9 Å². The molecule has 2 aromatic carbocycles. The van der Waals surface area contributed by atoms with Gasteiger partial charge in [-0.2, -0.15) is 0 Å². The van der Waals surface area contributed by atoms with Gasteiger partial charge in [0, 0.05) is 18.4 Å². The van der Waals surface area contributed by atoms with Crippen LogP contribution in [0.4, 0.5) is 10.1 Å². The van der Waals surface area contributed by atoms with Gasteiger partial charge in [0.05, 0.1) is 0 Å². The summed E-state index contributed by atoms with van der Waals surface area (Å²) in [6.45, 7) is 0.103. The predicted octanol–water partition coefficient (Wildman–Crippen LogP) is 3.01. The molecule has 0 saturated carbocycles. The van der Waals surface area contributed by atoms with Gasteiger partial charge in [0.25, 0.3) is 0 Å². The van der Waals surface area contributed by atoms with E-state index < -0.39 is 0 Å². The van der Waals surface area contributed by atoms with Crippen LogP contribution >= 0.6 is 0 Å². The number of nitrogens with one attached hydrogen (secondary N) is 1. The Morgan fingerprint density at radius 1 is 1.10 bits per heavy atom. The maximum atomic E-state index is 12.7. The number of benzene rings is 2. The topological polar surface area (TPSA) is 49.3 Å². The summed E-state index contributed by atoms with van der Waals surface area (Å²) in [4.78, 5) is 11.8. The minimum Gasteiger partial charge on any atom is -0.396 e. The van der Waals surface area contributed by atoms with E-state index in [4.69, 9.17) is 5.11 Å². The fourth-order valence-corrected chi connectivity index (χ4v) is 1.81. The number of carbonyl (C=O) groups excluding carboxylic acids is 1. The summed E-state index contributed by atoms with van der Waals surface area (Å²) >= 11 is 0. The molecule has 2 rings (SSSR count). The van der Waals surface area contributed by atoms with Crippen LogP contribution < -0.4 is 5.32 Å². The number of aliphatic hydroxyl groups excluding tert-OH is 1. The number of carbonyl (C=O) groups is 1. The van der Waals surface area contributed by atoms with E-state index in [-0.39, 0.29) is 18.3 Å². The lowest BCUT2D eigenvalue weighted by Gasteiger charge is -2.03. The lowest BCUT2D eigenvalue weighted by Crippen LogP contribution is -2.07. The maximum Gasteiger partial charge on any atom is 0.248 e. The average molecular weight is 285 g/mol. The van der Waals surface area contributed by atoms with Crippen molar-refractivity contribution in [2.45, 2.75) is 6.42 Å². The van der Waals surface area contributed by atoms with E-state index in [1.54, 1.807) is 30.3 Å². The van der Waals surface area contributed by atoms with Crippen LogP contribution in [0, 0.1) is 5.82 Å². The standard InChI is InChI=1S/C17H16FNO2/c18-15-6-1-13(2-7-15)5-10-17(21)19-16-8-3-14(4-9-16)11-12-20/h1-10,20H,11-12H2,(H,19,21). The molecule has 0 radical (unpaired) electrons. The molecule has 0 aliphatic rings. The van der Waals surface area contributed by atoms with Crippen molar-refractivity contribution in [2.24, 2.45) is 0 Å². The molecule has 0 heterocycles. The molecule has 0 aliphatic heterocycles. The number of hydrogen-bond acceptors (Lipinski definition) is 2. The van der Waals surface area contributed by atoms with Crippen molar-refractivity contribution in [3.63, 3.8) is 0 Å². The van der Waals surface area contributed by atoms with Gasteiger partial charge in [-0.25, -0.2) is 4.39 Å². The summed E-state index contributed by atoms with van der Waals surface area (Å²) in [5, 5.41) is 11.6. The number of rotatable bonds is 5. The largest absolute Gasteiger partial charge is 0.396 e. The summed E-state index contributed by atoms with van der Waals surface area (Å²) < 4.78 is 12.7. The van der Waals surface area contributed by atoms with Crippen LogP contribution in [0.1, 0.15) is 11.1 Å². The molecule has 0 aliphatic carbocycles. The van der Waals surface area contributed by atoms with E-state index in [0.29, 0.717) is 12.1 Å². The summed E-state index contributed by atoms with van der Waals surface area (Å²) in [7, 11) is 0. The lowest BCUT2D eigenvalue weighted by atomic mass is 10.1. The Kier molecular flexibility index (Phi) is 5.23. The van der Waals surface area contributed by atoms with Gasteiger partial charge >= 0.3 is 0 Å². The molecular formula is C17H16FNO2. The second kappa shape index (κ2) is 7.36. The molecule has 0 bridgehead atoms. The van der Waals surface area contributed by atoms with Crippen molar-refractivity contribution in [1.29, 1.82) is 0 Å². The Morgan fingerprint density at radius 3 is 2.38 bits per heavy atom. The van der Waals surface area contributed by atoms with Gasteiger partial charge in [0.15, 0.2) is 0 Å². The summed E-state index contributed by atoms with van der Waals surface area (Å²) in [5.41, 5.74) is 2.45. The van der Waals surface area contributed by atoms with Gasteiger partial charge in [-0.3, -0.25) is 4.79 Å². The van der Waals surface area contributed by atoms with Crippen LogP contribution in [0.5, 0.6) is 0 Å². The molecule has 4 heteroatoms. The van der Waals surface area contributed by atoms with E-state index in [1.807, 2.05) is 12.1 Å². The van der Waals surface area contributed by atoms with Crippen LogP contribution in [0.3, 0.4) is 0 Å². The predicted molar refractivity (Wildman–Crippen MR) is 81.3 cm³/mol. The molecule has 108 valence electrons. The SMILES string of the molecule is O=C(C=Cc1ccc(F)cc1)Nc1ccc(CCO)cc1. The molecule has 21 heavy (non-hydrogen) atoms. The molecule has 2 N–H and O–H groups in total. The zero-order valence-corrected chi connectivity index (χ0v) is 11.4. The van der Waals surface area contributed by atoms with E-state index in [2.05, 4.69) is 5.32 Å². The Labute approximate surface area is 122 Å². The zero-order valence-electron chi connectivity index (χ0n) is 11.4. The minimum atomic E-state index is -0.306. The molecular weight excluding hydrogens is 269 g/mol. The molecule has 3 nitrogen and oxygen atoms in total. The van der Waals surface area contributed by atoms with Gasteiger partial charge in [-0.1, -0.05) is 24.3 Å². The fraction of sp³-hybridized carbons (Fsp3) is 0.118. The lowest BCUT2D eigenvalue weighted by molar-refractivity contribution is -0.111. The molecule has 0 saturated heterocycles. The molecule has 0 unspecified atom stereocenters. The van der Waals surface area contributed by atoms with Crippen LogP contribution in [0.15, 0.2) is 54.6 Å². The highest BCUT2D eigenvalue weighted by Crippen LogP contribution is 2.10. The monoisotopic (exact) mass is 285 g/mol. The van der Waals surface area contributed by atoms with Crippen molar-refractivity contribution in [3.05, 3.63) is 71.6 Å². The fourth-order valence-electron chi connectivity index (χ4n) is 1.81. The van der Waals surface area contributed by atoms with Crippen LogP contribution in [0.2, 0.25) is 0 Å². The zero-order chi connectivity index (χ0) is 15.1. The minimum absolute atomic E-state index is 0.103. The first kappa shape index (κ1) is 14.9. The number of hydrogen-bond donors (Lipinski definition) is 2. The maximum absolute atomic E-state index is 12.7. The van der Waals surface area contributed by atoms with Gasteiger partial charge in [0.2, 0.25) is 5.91 Å². The molecule has 0 atom stereocenters. The molecule has 1 amide bonds. The van der Waals surface area contributed by atoms with Crippen LogP contribution in [-0.4, -0.2) is 17.6 Å². The Bertz CT molecular complexity index is 618. The van der Waals surface area contributed by atoms with E-state index >= 15 is 0 Å². The Balaban J connectivity index is 1.93. The number of anilines is 1. The number of amides is 1. The first-order valence-electron chi connectivity index (χ1n) is 6.62. The smallest absolute Gasteiger partial charge is 0.248 e. The van der Waals surface area contributed by atoms with Crippen LogP contribution in [0.25, 0.3) is 6.08 Å². The highest BCUT2D eigenvalue weighted by molar-refractivity contribution is 6.01. The van der Waals surface area contributed by atoms with Crippen molar-refractivity contribution in [1.82, 2.24) is 0 Å². The van der Waals surface area contributed by atoms with Gasteiger partial charge in [-0.15, -0.1) is 0 Å². The van der Waals surface area contributed by atoms with E-state index in [1.165, 1.54) is 18.2 Å². The third-order valence-electron chi connectivity index (χ3n) is 2.92. The molecule has 0 aromatic heterocycles. The number of aliphatic hydroxyl groups is 1. The van der Waals surface area contributed by atoms with E-state index in [0.717, 1.165) is 11.1 Å². The van der Waals surface area contributed by atoms with Crippen molar-refractivity contribution < 1.29 is 14.3 Å². The van der Waals surface area contributed by atoms with Crippen LogP contribution in [-0.2, 0) is 11.2 Å². The molecule has 0 fully saturated rings. The quantitative estimate of drug-likeness (QED) is 0.830. The summed E-state index contributed by atoms with van der Waals surface area (Å²) in [5.74, 6) is -0.561.